The lowest BCUT2D eigenvalue weighted by atomic mass is 10.5. The molecule has 0 amide bonds. The fourth-order valence-electron chi connectivity index (χ4n) is 0.129. The molecule has 3 heteroatoms. The predicted octanol–water partition coefficient (Wildman–Crippen LogP) is 0.487. The van der Waals surface area contributed by atoms with E-state index in [4.69, 9.17) is 0 Å². The second-order valence-electron chi connectivity index (χ2n) is 0.910. The maximum atomic E-state index is 9.36. The molecule has 0 rings (SSSR count). The van der Waals surface area contributed by atoms with Crippen LogP contribution >= 0.6 is 0 Å². The van der Waals surface area contributed by atoms with Crippen molar-refractivity contribution in [1.82, 2.24) is 0 Å². The lowest BCUT2D eigenvalue weighted by Gasteiger charge is -1.80. The van der Waals surface area contributed by atoms with Gasteiger partial charge < -0.3 is 0 Å². The molecule has 0 spiro atoms. The Morgan fingerprint density at radius 1 is 1.83 bits per heavy atom. The van der Waals surface area contributed by atoms with Crippen LogP contribution in [0.15, 0.2) is 0 Å². The van der Waals surface area contributed by atoms with Crippen LogP contribution in [-0.2, 0) is 0 Å². The molecular formula is C3H6NO2. The van der Waals surface area contributed by atoms with Crippen LogP contribution in [-0.4, -0.2) is 11.5 Å². The Morgan fingerprint density at radius 3 is 2.33 bits per heavy atom. The summed E-state index contributed by atoms with van der Waals surface area (Å²) >= 11 is 0. The fraction of sp³-hybridized carbons (Fsp3) is 0.667. The van der Waals surface area contributed by atoms with Gasteiger partial charge in [0, 0.05) is 11.3 Å². The highest BCUT2D eigenvalue weighted by Crippen LogP contribution is 1.71. The third kappa shape index (κ3) is 3.40. The first-order chi connectivity index (χ1) is 2.77. The van der Waals surface area contributed by atoms with Crippen molar-refractivity contribution in [3.63, 3.8) is 0 Å². The van der Waals surface area contributed by atoms with Gasteiger partial charge in [0.25, 0.3) is 0 Å². The van der Waals surface area contributed by atoms with Crippen molar-refractivity contribution in [2.24, 2.45) is 0 Å². The summed E-state index contributed by atoms with van der Waals surface area (Å²) in [5, 5.41) is 9.36. The highest BCUT2D eigenvalue weighted by Gasteiger charge is 1.86. The molecule has 0 aliphatic rings. The van der Waals surface area contributed by atoms with Crippen LogP contribution in [0.5, 0.6) is 0 Å². The van der Waals surface area contributed by atoms with E-state index in [0.717, 1.165) is 0 Å². The summed E-state index contributed by atoms with van der Waals surface area (Å²) in [7, 11) is 0. The minimum Gasteiger partial charge on any atom is -0.265 e. The summed E-state index contributed by atoms with van der Waals surface area (Å²) in [5.74, 6) is 0. The van der Waals surface area contributed by atoms with Crippen molar-refractivity contribution in [1.29, 1.82) is 0 Å². The highest BCUT2D eigenvalue weighted by molar-refractivity contribution is 4.31. The number of nitrogens with zero attached hydrogens (tertiary/aromatic N) is 1. The second-order valence-corrected chi connectivity index (χ2v) is 0.910. The van der Waals surface area contributed by atoms with Gasteiger partial charge in [0.1, 0.15) is 0 Å². The Bertz CT molecular complexity index is 52.8. The van der Waals surface area contributed by atoms with Crippen molar-refractivity contribution in [3.8, 4) is 0 Å². The monoisotopic (exact) mass is 88.0 g/mol. The van der Waals surface area contributed by atoms with Crippen LogP contribution in [0, 0.1) is 17.0 Å². The molecule has 0 aliphatic heterocycles. The lowest BCUT2D eigenvalue weighted by molar-refractivity contribution is -0.478. The highest BCUT2D eigenvalue weighted by atomic mass is 16.6. The SMILES string of the molecule is [CH2]CC[N+](=O)[O-]. The molecule has 0 aromatic heterocycles. The van der Waals surface area contributed by atoms with Crippen molar-refractivity contribution >= 4 is 0 Å². The zero-order valence-corrected chi connectivity index (χ0v) is 3.39. The Hall–Kier alpha value is -0.600. The summed E-state index contributed by atoms with van der Waals surface area (Å²) in [5.41, 5.74) is 0. The van der Waals surface area contributed by atoms with Gasteiger partial charge in [-0.25, -0.2) is 0 Å². The molecule has 0 heterocycles. The first-order valence-corrected chi connectivity index (χ1v) is 1.68. The average molecular weight is 88.1 g/mol. The van der Waals surface area contributed by atoms with Crippen molar-refractivity contribution < 1.29 is 4.92 Å². The van der Waals surface area contributed by atoms with Crippen LogP contribution in [0.25, 0.3) is 0 Å². The number of hydrogen-bond acceptors (Lipinski definition) is 2. The number of nitro groups is 1. The van der Waals surface area contributed by atoms with Gasteiger partial charge in [-0.2, -0.15) is 0 Å². The first kappa shape index (κ1) is 5.40. The van der Waals surface area contributed by atoms with Crippen molar-refractivity contribution in [2.45, 2.75) is 6.42 Å². The molecule has 35 valence electrons. The molecule has 0 unspecified atom stereocenters. The molecular weight excluding hydrogens is 82.0 g/mol. The molecule has 0 aromatic carbocycles. The smallest absolute Gasteiger partial charge is 0.203 e. The molecule has 0 atom stereocenters. The van der Waals surface area contributed by atoms with E-state index in [9.17, 15) is 10.1 Å². The van der Waals surface area contributed by atoms with Gasteiger partial charge >= 0.3 is 0 Å². The van der Waals surface area contributed by atoms with E-state index in [2.05, 4.69) is 6.92 Å². The molecule has 6 heavy (non-hydrogen) atoms. The average Bonchev–Trinajstić information content (AvgIpc) is 1.35. The van der Waals surface area contributed by atoms with E-state index in [1.165, 1.54) is 0 Å². The summed E-state index contributed by atoms with van der Waals surface area (Å²) in [4.78, 5) is 8.98. The first-order valence-electron chi connectivity index (χ1n) is 1.68. The van der Waals surface area contributed by atoms with Gasteiger partial charge in [-0.3, -0.25) is 10.1 Å². The summed E-state index contributed by atoms with van der Waals surface area (Å²) in [6.07, 6.45) is 0.382. The van der Waals surface area contributed by atoms with Crippen LogP contribution in [0.1, 0.15) is 6.42 Å². The van der Waals surface area contributed by atoms with Gasteiger partial charge in [-0.1, -0.05) is 0 Å². The minimum absolute atomic E-state index is 0.0139. The fourth-order valence-corrected chi connectivity index (χ4v) is 0.129. The van der Waals surface area contributed by atoms with E-state index < -0.39 is 0 Å². The molecule has 0 saturated carbocycles. The largest absolute Gasteiger partial charge is 0.265 e. The second kappa shape index (κ2) is 2.63. The third-order valence-electron chi connectivity index (χ3n) is 0.341. The van der Waals surface area contributed by atoms with E-state index in [-0.39, 0.29) is 11.5 Å². The van der Waals surface area contributed by atoms with Gasteiger partial charge in [0.2, 0.25) is 6.54 Å². The molecule has 0 fully saturated rings. The van der Waals surface area contributed by atoms with Gasteiger partial charge in [-0.15, -0.1) is 0 Å². The zero-order valence-electron chi connectivity index (χ0n) is 3.39. The van der Waals surface area contributed by atoms with Gasteiger partial charge in [0.15, 0.2) is 0 Å². The normalized spacial score (nSPS) is 8.17. The third-order valence-corrected chi connectivity index (χ3v) is 0.341. The van der Waals surface area contributed by atoms with Crippen LogP contribution in [0.4, 0.5) is 0 Å². The quantitative estimate of drug-likeness (QED) is 0.364. The maximum Gasteiger partial charge on any atom is 0.203 e. The number of rotatable bonds is 2. The van der Waals surface area contributed by atoms with Gasteiger partial charge in [-0.05, 0) is 6.92 Å². The Kier molecular flexibility index (Phi) is 2.36. The minimum atomic E-state index is -0.382. The standard InChI is InChI=1S/C3H6NO2/c1-2-3-4(5)6/h1-3H2. The topological polar surface area (TPSA) is 43.1 Å². The molecule has 0 aromatic rings. The number of hydrogen-bond donors (Lipinski definition) is 0. The zero-order chi connectivity index (χ0) is 4.99. The van der Waals surface area contributed by atoms with Crippen LogP contribution in [0.3, 0.4) is 0 Å². The van der Waals surface area contributed by atoms with Crippen LogP contribution < -0.4 is 0 Å². The Balaban J connectivity index is 2.83. The summed E-state index contributed by atoms with van der Waals surface area (Å²) in [6.45, 7) is 3.27. The molecule has 0 N–H and O–H groups in total. The van der Waals surface area contributed by atoms with Crippen molar-refractivity contribution in [3.05, 3.63) is 17.0 Å². The summed E-state index contributed by atoms with van der Waals surface area (Å²) < 4.78 is 0. The molecule has 0 aliphatic carbocycles. The van der Waals surface area contributed by atoms with E-state index in [1.54, 1.807) is 0 Å². The van der Waals surface area contributed by atoms with E-state index >= 15 is 0 Å². The molecule has 0 bridgehead atoms. The summed E-state index contributed by atoms with van der Waals surface area (Å²) in [6, 6.07) is 0. The van der Waals surface area contributed by atoms with Crippen molar-refractivity contribution in [2.75, 3.05) is 6.54 Å². The lowest BCUT2D eigenvalue weighted by Crippen LogP contribution is -1.96. The Morgan fingerprint density at radius 2 is 2.33 bits per heavy atom. The van der Waals surface area contributed by atoms with E-state index in [1.807, 2.05) is 0 Å². The predicted molar refractivity (Wildman–Crippen MR) is 21.8 cm³/mol. The van der Waals surface area contributed by atoms with E-state index in [0.29, 0.717) is 6.42 Å². The molecule has 1 radical (unpaired) electrons. The molecule has 3 nitrogen and oxygen atoms in total. The Labute approximate surface area is 36.1 Å². The van der Waals surface area contributed by atoms with Gasteiger partial charge in [0.05, 0.1) is 0 Å². The maximum absolute atomic E-state index is 9.36. The van der Waals surface area contributed by atoms with Crippen LogP contribution in [0.2, 0.25) is 0 Å². The molecule has 0 saturated heterocycles.